The maximum Gasteiger partial charge on any atom is 0.209 e. The van der Waals surface area contributed by atoms with E-state index in [0.29, 0.717) is 10.9 Å². The third-order valence-electron chi connectivity index (χ3n) is 2.69. The summed E-state index contributed by atoms with van der Waals surface area (Å²) in [5.41, 5.74) is 1.96. The number of aryl methyl sites for hydroxylation is 2. The van der Waals surface area contributed by atoms with Gasteiger partial charge in [-0.2, -0.15) is 5.10 Å². The Hall–Kier alpha value is -1.12. The van der Waals surface area contributed by atoms with Crippen LogP contribution < -0.4 is 5.32 Å². The number of halogens is 1. The maximum absolute atomic E-state index is 6.20. The van der Waals surface area contributed by atoms with Gasteiger partial charge in [0.25, 0.3) is 0 Å². The van der Waals surface area contributed by atoms with E-state index in [2.05, 4.69) is 25.9 Å². The Bertz CT molecular complexity index is 550. The van der Waals surface area contributed by atoms with Crippen molar-refractivity contribution in [2.45, 2.75) is 24.4 Å². The standard InChI is InChI=1S/C10H16ClN7S/c1-7-8(9(11)17(3)14-7)6-19-10-13-15-16-18(10)5-4-12-2/h12H,4-6H2,1-3H3. The van der Waals surface area contributed by atoms with E-state index >= 15 is 0 Å². The lowest BCUT2D eigenvalue weighted by atomic mass is 10.3. The molecular formula is C10H16ClN7S. The second kappa shape index (κ2) is 6.36. The SMILES string of the molecule is CNCCn1nnnc1SCc1c(C)nn(C)c1Cl. The smallest absolute Gasteiger partial charge is 0.209 e. The first-order chi connectivity index (χ1) is 9.13. The molecule has 2 aromatic heterocycles. The van der Waals surface area contributed by atoms with E-state index in [-0.39, 0.29) is 0 Å². The minimum absolute atomic E-state index is 0.666. The normalized spacial score (nSPS) is 11.2. The summed E-state index contributed by atoms with van der Waals surface area (Å²) in [7, 11) is 3.73. The zero-order chi connectivity index (χ0) is 13.8. The highest BCUT2D eigenvalue weighted by molar-refractivity contribution is 7.98. The Morgan fingerprint density at radius 1 is 1.42 bits per heavy atom. The molecule has 0 saturated heterocycles. The second-order valence-corrected chi connectivity index (χ2v) is 5.36. The lowest BCUT2D eigenvalue weighted by molar-refractivity contribution is 0.530. The Morgan fingerprint density at radius 3 is 2.84 bits per heavy atom. The number of nitrogens with zero attached hydrogens (tertiary/aromatic N) is 6. The van der Waals surface area contributed by atoms with Crippen molar-refractivity contribution in [3.8, 4) is 0 Å². The fourth-order valence-electron chi connectivity index (χ4n) is 1.63. The molecule has 7 nitrogen and oxygen atoms in total. The molecule has 2 heterocycles. The van der Waals surface area contributed by atoms with Gasteiger partial charge in [-0.15, -0.1) is 5.10 Å². The quantitative estimate of drug-likeness (QED) is 0.799. The Balaban J connectivity index is 2.04. The van der Waals surface area contributed by atoms with Gasteiger partial charge in [-0.05, 0) is 24.4 Å². The number of hydrogen-bond donors (Lipinski definition) is 1. The minimum atomic E-state index is 0.666. The molecule has 0 amide bonds. The minimum Gasteiger partial charge on any atom is -0.318 e. The number of rotatable bonds is 6. The molecule has 0 bridgehead atoms. The van der Waals surface area contributed by atoms with E-state index in [0.717, 1.165) is 29.5 Å². The lowest BCUT2D eigenvalue weighted by Crippen LogP contribution is -2.16. The fraction of sp³-hybridized carbons (Fsp3) is 0.600. The molecule has 0 saturated carbocycles. The van der Waals surface area contributed by atoms with Crippen molar-refractivity contribution in [3.05, 3.63) is 16.4 Å². The average molecular weight is 302 g/mol. The molecule has 0 spiro atoms. The highest BCUT2D eigenvalue weighted by atomic mass is 35.5. The van der Waals surface area contributed by atoms with Gasteiger partial charge in [0.15, 0.2) is 0 Å². The Labute approximate surface area is 120 Å². The van der Waals surface area contributed by atoms with Crippen LogP contribution in [0.5, 0.6) is 0 Å². The number of aromatic nitrogens is 6. The van der Waals surface area contributed by atoms with Gasteiger partial charge in [-0.3, -0.25) is 4.68 Å². The maximum atomic E-state index is 6.20. The van der Waals surface area contributed by atoms with Crippen molar-refractivity contribution < 1.29 is 0 Å². The number of hydrogen-bond acceptors (Lipinski definition) is 6. The van der Waals surface area contributed by atoms with Gasteiger partial charge in [0.05, 0.1) is 12.2 Å². The van der Waals surface area contributed by atoms with Crippen molar-refractivity contribution in [3.63, 3.8) is 0 Å². The molecule has 0 aliphatic carbocycles. The predicted octanol–water partition coefficient (Wildman–Crippen LogP) is 0.880. The Kier molecular flexibility index (Phi) is 4.78. The first kappa shape index (κ1) is 14.3. The van der Waals surface area contributed by atoms with Gasteiger partial charge in [0, 0.05) is 24.9 Å². The van der Waals surface area contributed by atoms with Crippen LogP contribution in [-0.4, -0.2) is 43.6 Å². The van der Waals surface area contributed by atoms with Crippen LogP contribution in [0.15, 0.2) is 5.16 Å². The van der Waals surface area contributed by atoms with Gasteiger partial charge in [0.2, 0.25) is 5.16 Å². The average Bonchev–Trinajstić information content (AvgIpc) is 2.92. The van der Waals surface area contributed by atoms with Crippen LogP contribution >= 0.6 is 23.4 Å². The molecule has 0 radical (unpaired) electrons. The summed E-state index contributed by atoms with van der Waals surface area (Å²) >= 11 is 7.76. The number of likely N-dealkylation sites (N-methyl/N-ethyl adjacent to an activating group) is 1. The van der Waals surface area contributed by atoms with Crippen LogP contribution in [0.25, 0.3) is 0 Å². The lowest BCUT2D eigenvalue weighted by Gasteiger charge is -2.03. The van der Waals surface area contributed by atoms with Crippen LogP contribution in [-0.2, 0) is 19.3 Å². The first-order valence-electron chi connectivity index (χ1n) is 5.85. The number of tetrazole rings is 1. The molecule has 19 heavy (non-hydrogen) atoms. The van der Waals surface area contributed by atoms with Gasteiger partial charge in [0.1, 0.15) is 5.15 Å². The van der Waals surface area contributed by atoms with E-state index in [4.69, 9.17) is 11.6 Å². The van der Waals surface area contributed by atoms with E-state index in [9.17, 15) is 0 Å². The van der Waals surface area contributed by atoms with Crippen molar-refractivity contribution >= 4 is 23.4 Å². The molecule has 2 rings (SSSR count). The molecule has 2 aromatic rings. The van der Waals surface area contributed by atoms with E-state index < -0.39 is 0 Å². The highest BCUT2D eigenvalue weighted by Gasteiger charge is 2.13. The topological polar surface area (TPSA) is 73.5 Å². The van der Waals surface area contributed by atoms with Crippen LogP contribution in [0.3, 0.4) is 0 Å². The van der Waals surface area contributed by atoms with Crippen LogP contribution in [0, 0.1) is 6.92 Å². The van der Waals surface area contributed by atoms with Crippen molar-refractivity contribution in [1.29, 1.82) is 0 Å². The van der Waals surface area contributed by atoms with Gasteiger partial charge >= 0.3 is 0 Å². The first-order valence-corrected chi connectivity index (χ1v) is 7.21. The fourth-order valence-corrected chi connectivity index (χ4v) is 2.94. The van der Waals surface area contributed by atoms with Crippen molar-refractivity contribution in [2.75, 3.05) is 13.6 Å². The summed E-state index contributed by atoms with van der Waals surface area (Å²) in [6, 6.07) is 0. The summed E-state index contributed by atoms with van der Waals surface area (Å²) in [6.45, 7) is 3.52. The van der Waals surface area contributed by atoms with Crippen LogP contribution in [0.1, 0.15) is 11.3 Å². The van der Waals surface area contributed by atoms with E-state index in [1.54, 1.807) is 21.1 Å². The largest absolute Gasteiger partial charge is 0.318 e. The summed E-state index contributed by atoms with van der Waals surface area (Å²) < 4.78 is 3.46. The number of thioether (sulfide) groups is 1. The Morgan fingerprint density at radius 2 is 2.21 bits per heavy atom. The monoisotopic (exact) mass is 301 g/mol. The highest BCUT2D eigenvalue weighted by Crippen LogP contribution is 2.26. The van der Waals surface area contributed by atoms with Gasteiger partial charge < -0.3 is 5.32 Å². The molecule has 1 N–H and O–H groups in total. The van der Waals surface area contributed by atoms with Crippen LogP contribution in [0.2, 0.25) is 5.15 Å². The second-order valence-electron chi connectivity index (χ2n) is 4.06. The van der Waals surface area contributed by atoms with Gasteiger partial charge in [-0.25, -0.2) is 4.68 Å². The van der Waals surface area contributed by atoms with Crippen LogP contribution in [0.4, 0.5) is 0 Å². The zero-order valence-corrected chi connectivity index (χ0v) is 12.7. The molecule has 0 aromatic carbocycles. The number of nitrogens with one attached hydrogen (secondary N) is 1. The third kappa shape index (κ3) is 3.26. The molecule has 104 valence electrons. The zero-order valence-electron chi connectivity index (χ0n) is 11.1. The van der Waals surface area contributed by atoms with E-state index in [1.807, 2.05) is 21.0 Å². The molecule has 0 aliphatic rings. The summed E-state index contributed by atoms with van der Waals surface area (Å²) in [5.74, 6) is 0.707. The predicted molar refractivity (Wildman–Crippen MR) is 74.3 cm³/mol. The molecular weight excluding hydrogens is 286 g/mol. The van der Waals surface area contributed by atoms with Gasteiger partial charge in [-0.1, -0.05) is 23.4 Å². The van der Waals surface area contributed by atoms with Crippen molar-refractivity contribution in [2.24, 2.45) is 7.05 Å². The third-order valence-corrected chi connectivity index (χ3v) is 4.14. The summed E-state index contributed by atoms with van der Waals surface area (Å²) in [4.78, 5) is 0. The molecule has 0 atom stereocenters. The summed E-state index contributed by atoms with van der Waals surface area (Å²) in [6.07, 6.45) is 0. The molecule has 0 unspecified atom stereocenters. The molecule has 0 fully saturated rings. The summed E-state index contributed by atoms with van der Waals surface area (Å²) in [5, 5.41) is 20.5. The van der Waals surface area contributed by atoms with Crippen molar-refractivity contribution in [1.82, 2.24) is 35.3 Å². The molecule has 0 aliphatic heterocycles. The van der Waals surface area contributed by atoms with E-state index in [1.165, 1.54) is 0 Å². The molecule has 9 heteroatoms.